The van der Waals surface area contributed by atoms with Gasteiger partial charge in [-0.3, -0.25) is 0 Å². The first-order chi connectivity index (χ1) is 9.04. The van der Waals surface area contributed by atoms with Gasteiger partial charge in [-0.25, -0.2) is 0 Å². The van der Waals surface area contributed by atoms with Crippen molar-refractivity contribution in [2.24, 2.45) is 0 Å². The summed E-state index contributed by atoms with van der Waals surface area (Å²) in [6, 6.07) is 3.27. The third-order valence-corrected chi connectivity index (χ3v) is 3.97. The predicted molar refractivity (Wildman–Crippen MR) is 76.0 cm³/mol. The lowest BCUT2D eigenvalue weighted by Crippen LogP contribution is -2.13. The maximum Gasteiger partial charge on any atom is 0.157 e. The SMILES string of the molecule is CCCC1CCOC(C(C)Cl)c2cc(O)c(O)cc21. The molecule has 1 aromatic rings. The van der Waals surface area contributed by atoms with E-state index in [9.17, 15) is 10.2 Å². The summed E-state index contributed by atoms with van der Waals surface area (Å²) in [6.45, 7) is 4.69. The fourth-order valence-electron chi connectivity index (χ4n) is 2.82. The molecule has 0 amide bonds. The highest BCUT2D eigenvalue weighted by Crippen LogP contribution is 2.42. The number of halogens is 1. The van der Waals surface area contributed by atoms with Gasteiger partial charge < -0.3 is 14.9 Å². The van der Waals surface area contributed by atoms with E-state index in [1.807, 2.05) is 6.92 Å². The van der Waals surface area contributed by atoms with Crippen LogP contribution in [-0.4, -0.2) is 22.2 Å². The highest BCUT2D eigenvalue weighted by atomic mass is 35.5. The Bertz CT molecular complexity index is 445. The van der Waals surface area contributed by atoms with E-state index < -0.39 is 0 Å². The lowest BCUT2D eigenvalue weighted by molar-refractivity contribution is 0.0543. The van der Waals surface area contributed by atoms with Crippen LogP contribution in [0, 0.1) is 0 Å². The molecule has 1 aliphatic rings. The second-order valence-electron chi connectivity index (χ2n) is 5.21. The van der Waals surface area contributed by atoms with Gasteiger partial charge in [-0.2, -0.15) is 0 Å². The summed E-state index contributed by atoms with van der Waals surface area (Å²) in [5.74, 6) is 0.177. The minimum absolute atomic E-state index is 0.0669. The second kappa shape index (κ2) is 6.02. The van der Waals surface area contributed by atoms with Gasteiger partial charge in [0, 0.05) is 6.61 Å². The van der Waals surface area contributed by atoms with Gasteiger partial charge in [0.15, 0.2) is 11.5 Å². The zero-order chi connectivity index (χ0) is 14.0. The average molecular weight is 285 g/mol. The van der Waals surface area contributed by atoms with Crippen molar-refractivity contribution in [1.29, 1.82) is 0 Å². The number of phenols is 2. The summed E-state index contributed by atoms with van der Waals surface area (Å²) in [6.07, 6.45) is 2.81. The van der Waals surface area contributed by atoms with Crippen LogP contribution in [0.2, 0.25) is 0 Å². The molecule has 0 spiro atoms. The number of ether oxygens (including phenoxy) is 1. The van der Waals surface area contributed by atoms with E-state index >= 15 is 0 Å². The Labute approximate surface area is 119 Å². The fourth-order valence-corrected chi connectivity index (χ4v) is 3.03. The molecule has 0 radical (unpaired) electrons. The van der Waals surface area contributed by atoms with Crippen molar-refractivity contribution in [3.8, 4) is 11.5 Å². The Morgan fingerprint density at radius 3 is 2.53 bits per heavy atom. The van der Waals surface area contributed by atoms with Gasteiger partial charge in [0.25, 0.3) is 0 Å². The number of fused-ring (bicyclic) bond motifs is 1. The minimum Gasteiger partial charge on any atom is -0.504 e. The summed E-state index contributed by atoms with van der Waals surface area (Å²) >= 11 is 6.20. The Morgan fingerprint density at radius 2 is 1.95 bits per heavy atom. The molecule has 0 saturated heterocycles. The van der Waals surface area contributed by atoms with E-state index in [4.69, 9.17) is 16.3 Å². The Kier molecular flexibility index (Phi) is 4.58. The van der Waals surface area contributed by atoms with Gasteiger partial charge in [0.1, 0.15) is 0 Å². The van der Waals surface area contributed by atoms with Gasteiger partial charge in [-0.05, 0) is 48.9 Å². The van der Waals surface area contributed by atoms with Gasteiger partial charge in [0.2, 0.25) is 0 Å². The van der Waals surface area contributed by atoms with Gasteiger partial charge in [-0.15, -0.1) is 11.6 Å². The van der Waals surface area contributed by atoms with Crippen LogP contribution in [0.4, 0.5) is 0 Å². The molecule has 1 heterocycles. The molecule has 2 N–H and O–H groups in total. The molecule has 3 atom stereocenters. The Balaban J connectivity index is 2.50. The van der Waals surface area contributed by atoms with Crippen molar-refractivity contribution in [2.75, 3.05) is 6.61 Å². The zero-order valence-corrected chi connectivity index (χ0v) is 12.2. The van der Waals surface area contributed by atoms with E-state index in [0.717, 1.165) is 30.4 Å². The molecule has 4 heteroatoms. The lowest BCUT2D eigenvalue weighted by atomic mass is 9.86. The highest BCUT2D eigenvalue weighted by Gasteiger charge is 2.29. The normalized spacial score (nSPS) is 24.6. The van der Waals surface area contributed by atoms with E-state index in [2.05, 4.69) is 6.92 Å². The van der Waals surface area contributed by atoms with Crippen molar-refractivity contribution in [2.45, 2.75) is 50.5 Å². The number of hydrogen-bond acceptors (Lipinski definition) is 3. The molecule has 106 valence electrons. The standard InChI is InChI=1S/C15H21ClO3/c1-3-4-10-5-6-19-15(9(2)16)12-8-14(18)13(17)7-11(10)12/h7-10,15,17-18H,3-6H2,1-2H3. The molecular formula is C15H21ClO3. The third-order valence-electron chi connectivity index (χ3n) is 3.74. The molecule has 3 unspecified atom stereocenters. The molecular weight excluding hydrogens is 264 g/mol. The Morgan fingerprint density at radius 1 is 1.32 bits per heavy atom. The van der Waals surface area contributed by atoms with Crippen molar-refractivity contribution < 1.29 is 14.9 Å². The first kappa shape index (κ1) is 14.5. The summed E-state index contributed by atoms with van der Waals surface area (Å²) in [4.78, 5) is 0. The van der Waals surface area contributed by atoms with Crippen molar-refractivity contribution in [3.05, 3.63) is 23.3 Å². The summed E-state index contributed by atoms with van der Waals surface area (Å²) in [5, 5.41) is 19.3. The monoisotopic (exact) mass is 284 g/mol. The molecule has 2 rings (SSSR count). The molecule has 0 aromatic heterocycles. The number of rotatable bonds is 3. The predicted octanol–water partition coefficient (Wildman–Crippen LogP) is 4.07. The second-order valence-corrected chi connectivity index (χ2v) is 5.90. The van der Waals surface area contributed by atoms with Gasteiger partial charge >= 0.3 is 0 Å². The quantitative estimate of drug-likeness (QED) is 0.650. The maximum atomic E-state index is 9.75. The smallest absolute Gasteiger partial charge is 0.157 e. The molecule has 19 heavy (non-hydrogen) atoms. The van der Waals surface area contributed by atoms with Crippen LogP contribution >= 0.6 is 11.6 Å². The summed E-state index contributed by atoms with van der Waals surface area (Å²) < 4.78 is 5.84. The highest BCUT2D eigenvalue weighted by molar-refractivity contribution is 6.20. The van der Waals surface area contributed by atoms with Crippen LogP contribution in [0.5, 0.6) is 11.5 Å². The largest absolute Gasteiger partial charge is 0.504 e. The fraction of sp³-hybridized carbons (Fsp3) is 0.600. The molecule has 0 bridgehead atoms. The van der Waals surface area contributed by atoms with E-state index in [-0.39, 0.29) is 23.0 Å². The molecule has 0 fully saturated rings. The van der Waals surface area contributed by atoms with Crippen molar-refractivity contribution in [3.63, 3.8) is 0 Å². The number of phenolic OH excluding ortho intramolecular Hbond substituents is 2. The number of alkyl halides is 1. The first-order valence-corrected chi connectivity index (χ1v) is 7.29. The van der Waals surface area contributed by atoms with Crippen LogP contribution in [-0.2, 0) is 4.74 Å². The summed E-state index contributed by atoms with van der Waals surface area (Å²) in [5.41, 5.74) is 1.97. The van der Waals surface area contributed by atoms with Crippen LogP contribution < -0.4 is 0 Å². The lowest BCUT2D eigenvalue weighted by Gasteiger charge is -2.22. The van der Waals surface area contributed by atoms with Crippen LogP contribution in [0.3, 0.4) is 0 Å². The van der Waals surface area contributed by atoms with E-state index in [1.165, 1.54) is 0 Å². The zero-order valence-electron chi connectivity index (χ0n) is 11.4. The third kappa shape index (κ3) is 2.98. The number of hydrogen-bond donors (Lipinski definition) is 2. The molecule has 1 aromatic carbocycles. The number of aromatic hydroxyl groups is 2. The number of benzene rings is 1. The van der Waals surface area contributed by atoms with Crippen LogP contribution in [0.25, 0.3) is 0 Å². The van der Waals surface area contributed by atoms with Gasteiger partial charge in [-0.1, -0.05) is 13.3 Å². The van der Waals surface area contributed by atoms with Crippen molar-refractivity contribution in [1.82, 2.24) is 0 Å². The van der Waals surface area contributed by atoms with Crippen LogP contribution in [0.15, 0.2) is 12.1 Å². The van der Waals surface area contributed by atoms with Gasteiger partial charge in [0.05, 0.1) is 11.5 Å². The maximum absolute atomic E-state index is 9.75. The first-order valence-electron chi connectivity index (χ1n) is 6.86. The summed E-state index contributed by atoms with van der Waals surface area (Å²) in [7, 11) is 0. The van der Waals surface area contributed by atoms with E-state index in [1.54, 1.807) is 12.1 Å². The Hall–Kier alpha value is -0.930. The molecule has 3 nitrogen and oxygen atoms in total. The van der Waals surface area contributed by atoms with E-state index in [0.29, 0.717) is 12.5 Å². The molecule has 1 aliphatic heterocycles. The topological polar surface area (TPSA) is 49.7 Å². The van der Waals surface area contributed by atoms with Crippen LogP contribution in [0.1, 0.15) is 56.3 Å². The molecule has 0 aliphatic carbocycles. The minimum atomic E-state index is -0.231. The molecule has 0 saturated carbocycles. The average Bonchev–Trinajstić information content (AvgIpc) is 2.51. The van der Waals surface area contributed by atoms with Crippen molar-refractivity contribution >= 4 is 11.6 Å².